The van der Waals surface area contributed by atoms with Gasteiger partial charge in [0.15, 0.2) is 0 Å². The Morgan fingerprint density at radius 1 is 1.39 bits per heavy atom. The predicted molar refractivity (Wildman–Crippen MR) is 71.5 cm³/mol. The maximum atomic E-state index is 9.38. The van der Waals surface area contributed by atoms with Gasteiger partial charge >= 0.3 is 0 Å². The fourth-order valence-electron chi connectivity index (χ4n) is 2.16. The van der Waals surface area contributed by atoms with Crippen LogP contribution in [-0.4, -0.2) is 39.3 Å². The summed E-state index contributed by atoms with van der Waals surface area (Å²) in [5.41, 5.74) is 1.57. The molecule has 1 aliphatic rings. The van der Waals surface area contributed by atoms with Gasteiger partial charge < -0.3 is 15.0 Å². The van der Waals surface area contributed by atoms with E-state index in [2.05, 4.69) is 15.0 Å². The summed E-state index contributed by atoms with van der Waals surface area (Å²) in [6.07, 6.45) is 0.478. The molecule has 3 heterocycles. The second kappa shape index (κ2) is 4.26. The fourth-order valence-corrected chi connectivity index (χ4v) is 2.68. The lowest BCUT2D eigenvalue weighted by Gasteiger charge is -2.37. The zero-order chi connectivity index (χ0) is 12.9. The Hall–Kier alpha value is -1.04. The van der Waals surface area contributed by atoms with Gasteiger partial charge in [-0.15, -0.1) is 0 Å². The molecular weight excluding hydrogens is 275 g/mol. The Morgan fingerprint density at radius 3 is 2.72 bits per heavy atom. The van der Waals surface area contributed by atoms with Crippen LogP contribution in [0.4, 0.5) is 5.82 Å². The molecule has 0 spiro atoms. The topological polar surface area (TPSA) is 65.0 Å². The number of aliphatic hydroxyl groups is 1. The lowest BCUT2D eigenvalue weighted by Crippen LogP contribution is -2.51. The van der Waals surface area contributed by atoms with Crippen LogP contribution in [0.15, 0.2) is 0 Å². The number of H-pyrrole nitrogens is 1. The Kier molecular flexibility index (Phi) is 2.84. The first-order chi connectivity index (χ1) is 8.60. The van der Waals surface area contributed by atoms with Crippen molar-refractivity contribution in [3.8, 4) is 0 Å². The van der Waals surface area contributed by atoms with Gasteiger partial charge in [0.25, 0.3) is 0 Å². The summed E-state index contributed by atoms with van der Waals surface area (Å²) in [4.78, 5) is 13.5. The number of rotatable bonds is 2. The van der Waals surface area contributed by atoms with E-state index in [4.69, 9.17) is 23.2 Å². The zero-order valence-electron chi connectivity index (χ0n) is 9.74. The van der Waals surface area contributed by atoms with Crippen LogP contribution < -0.4 is 4.90 Å². The van der Waals surface area contributed by atoms with Gasteiger partial charge in [0.05, 0.1) is 16.5 Å². The standard InChI is InChI=1S/C11H12Cl2N4O/c1-2-6-8(12)7-9(14-6)15-11(13)16-10(7)17-3-5(18)4-17/h5,18H,2-4H2,1H3,(H,14,15,16). The van der Waals surface area contributed by atoms with Gasteiger partial charge in [0.2, 0.25) is 5.28 Å². The number of fused-ring (bicyclic) bond motifs is 1. The summed E-state index contributed by atoms with van der Waals surface area (Å²) < 4.78 is 0. The number of aromatic nitrogens is 3. The average molecular weight is 287 g/mol. The SMILES string of the molecule is CCc1[nH]c2nc(Cl)nc(N3CC(O)C3)c2c1Cl. The Labute approximate surface area is 114 Å². The molecular formula is C11H12Cl2N4O. The second-order valence-electron chi connectivity index (χ2n) is 4.37. The molecule has 2 aromatic heterocycles. The summed E-state index contributed by atoms with van der Waals surface area (Å²) >= 11 is 12.2. The van der Waals surface area contributed by atoms with Gasteiger partial charge in [-0.25, -0.2) is 0 Å². The van der Waals surface area contributed by atoms with E-state index in [1.807, 2.05) is 11.8 Å². The number of nitrogens with one attached hydrogen (secondary N) is 1. The fraction of sp³-hybridized carbons (Fsp3) is 0.455. The second-order valence-corrected chi connectivity index (χ2v) is 5.09. The molecule has 7 heteroatoms. The lowest BCUT2D eigenvalue weighted by atomic mass is 10.1. The van der Waals surface area contributed by atoms with Gasteiger partial charge in [0, 0.05) is 18.8 Å². The van der Waals surface area contributed by atoms with Crippen molar-refractivity contribution in [2.45, 2.75) is 19.4 Å². The molecule has 0 saturated carbocycles. The molecule has 5 nitrogen and oxygen atoms in total. The number of β-amino-alcohol motifs (C(OH)–C–C–N with tert-alkyl or cyclic N) is 1. The largest absolute Gasteiger partial charge is 0.389 e. The normalized spacial score (nSPS) is 16.3. The first-order valence-electron chi connectivity index (χ1n) is 5.76. The van der Waals surface area contributed by atoms with Crippen LogP contribution in [0.1, 0.15) is 12.6 Å². The quantitative estimate of drug-likeness (QED) is 0.829. The van der Waals surface area contributed by atoms with Gasteiger partial charge in [0.1, 0.15) is 11.5 Å². The zero-order valence-corrected chi connectivity index (χ0v) is 11.3. The minimum atomic E-state index is -0.308. The van der Waals surface area contributed by atoms with E-state index in [-0.39, 0.29) is 11.4 Å². The lowest BCUT2D eigenvalue weighted by molar-refractivity contribution is 0.141. The summed E-state index contributed by atoms with van der Waals surface area (Å²) in [6.45, 7) is 3.11. The predicted octanol–water partition coefficient (Wildman–Crippen LogP) is 2.01. The van der Waals surface area contributed by atoms with Crippen molar-refractivity contribution >= 4 is 40.1 Å². The first kappa shape index (κ1) is 12.0. The number of hydrogen-bond acceptors (Lipinski definition) is 4. The molecule has 1 saturated heterocycles. The van der Waals surface area contributed by atoms with Gasteiger partial charge in [-0.3, -0.25) is 0 Å². The maximum Gasteiger partial charge on any atom is 0.226 e. The van der Waals surface area contributed by atoms with Crippen molar-refractivity contribution in [2.24, 2.45) is 0 Å². The Morgan fingerprint density at radius 2 is 2.11 bits per heavy atom. The van der Waals surface area contributed by atoms with E-state index in [9.17, 15) is 5.11 Å². The third kappa shape index (κ3) is 1.74. The minimum Gasteiger partial charge on any atom is -0.389 e. The highest BCUT2D eigenvalue weighted by molar-refractivity contribution is 6.37. The average Bonchev–Trinajstić information content (AvgIpc) is 2.61. The van der Waals surface area contributed by atoms with Crippen molar-refractivity contribution in [1.82, 2.24) is 15.0 Å². The van der Waals surface area contributed by atoms with Crippen molar-refractivity contribution in [1.29, 1.82) is 0 Å². The minimum absolute atomic E-state index is 0.180. The number of hydrogen-bond donors (Lipinski definition) is 2. The van der Waals surface area contributed by atoms with Crippen molar-refractivity contribution in [2.75, 3.05) is 18.0 Å². The number of anilines is 1. The molecule has 0 bridgehead atoms. The molecule has 0 aromatic carbocycles. The highest BCUT2D eigenvalue weighted by Gasteiger charge is 2.29. The van der Waals surface area contributed by atoms with Gasteiger partial charge in [-0.2, -0.15) is 9.97 Å². The number of halogens is 2. The van der Waals surface area contributed by atoms with E-state index < -0.39 is 0 Å². The van der Waals surface area contributed by atoms with Crippen LogP contribution in [0.5, 0.6) is 0 Å². The summed E-state index contributed by atoms with van der Waals surface area (Å²) in [5.74, 6) is 0.691. The highest BCUT2D eigenvalue weighted by Crippen LogP contribution is 2.35. The molecule has 1 aliphatic heterocycles. The van der Waals surface area contributed by atoms with E-state index in [0.29, 0.717) is 29.6 Å². The smallest absolute Gasteiger partial charge is 0.226 e. The molecule has 2 N–H and O–H groups in total. The summed E-state index contributed by atoms with van der Waals surface area (Å²) in [5, 5.41) is 11.0. The van der Waals surface area contributed by atoms with Crippen molar-refractivity contribution in [3.05, 3.63) is 16.0 Å². The molecule has 0 aliphatic carbocycles. The third-order valence-electron chi connectivity index (χ3n) is 3.13. The number of aliphatic hydroxyl groups excluding tert-OH is 1. The molecule has 18 heavy (non-hydrogen) atoms. The van der Waals surface area contributed by atoms with E-state index in [1.165, 1.54) is 0 Å². The molecule has 3 rings (SSSR count). The molecule has 0 unspecified atom stereocenters. The monoisotopic (exact) mass is 286 g/mol. The van der Waals surface area contributed by atoms with Crippen LogP contribution >= 0.6 is 23.2 Å². The van der Waals surface area contributed by atoms with Crippen LogP contribution in [-0.2, 0) is 6.42 Å². The molecule has 0 amide bonds. The summed E-state index contributed by atoms with van der Waals surface area (Å²) in [6, 6.07) is 0. The molecule has 2 aromatic rings. The number of aromatic amines is 1. The first-order valence-corrected chi connectivity index (χ1v) is 6.52. The van der Waals surface area contributed by atoms with Crippen LogP contribution in [0.25, 0.3) is 11.0 Å². The van der Waals surface area contributed by atoms with E-state index >= 15 is 0 Å². The molecule has 0 atom stereocenters. The molecule has 96 valence electrons. The summed E-state index contributed by atoms with van der Waals surface area (Å²) in [7, 11) is 0. The number of nitrogens with zero attached hydrogens (tertiary/aromatic N) is 3. The van der Waals surface area contributed by atoms with Crippen molar-refractivity contribution in [3.63, 3.8) is 0 Å². The van der Waals surface area contributed by atoms with Crippen LogP contribution in [0.2, 0.25) is 10.3 Å². The highest BCUT2D eigenvalue weighted by atomic mass is 35.5. The van der Waals surface area contributed by atoms with Gasteiger partial charge in [-0.05, 0) is 18.0 Å². The number of aryl methyl sites for hydroxylation is 1. The Balaban J connectivity index is 2.19. The molecule has 0 radical (unpaired) electrons. The van der Waals surface area contributed by atoms with Crippen LogP contribution in [0, 0.1) is 0 Å². The van der Waals surface area contributed by atoms with Crippen molar-refractivity contribution < 1.29 is 5.11 Å². The van der Waals surface area contributed by atoms with Gasteiger partial charge in [-0.1, -0.05) is 18.5 Å². The third-order valence-corrected chi connectivity index (χ3v) is 3.72. The van der Waals surface area contributed by atoms with Crippen LogP contribution in [0.3, 0.4) is 0 Å². The molecule has 1 fully saturated rings. The van der Waals surface area contributed by atoms with E-state index in [0.717, 1.165) is 17.5 Å². The van der Waals surface area contributed by atoms with E-state index in [1.54, 1.807) is 0 Å². The maximum absolute atomic E-state index is 9.38. The Bertz CT molecular complexity index is 607.